The Kier molecular flexibility index (Phi) is 7.71. The molecule has 0 heterocycles. The summed E-state index contributed by atoms with van der Waals surface area (Å²) in [5.74, 6) is 0. The van der Waals surface area contributed by atoms with E-state index in [-0.39, 0.29) is 10.9 Å². The van der Waals surface area contributed by atoms with Gasteiger partial charge in [0.05, 0.1) is 11.5 Å². The minimum Gasteiger partial charge on any atom is -0.450 e. The highest BCUT2D eigenvalue weighted by Gasteiger charge is 2.22. The molecule has 0 bridgehead atoms. The third kappa shape index (κ3) is 6.66. The molecule has 1 amide bonds. The Labute approximate surface area is 150 Å². The van der Waals surface area contributed by atoms with Gasteiger partial charge in [0.15, 0.2) is 0 Å². The first kappa shape index (κ1) is 19.7. The predicted molar refractivity (Wildman–Crippen MR) is 97.0 cm³/mol. The number of carbonyl (C=O) groups excluding carboxylic acids is 1. The van der Waals surface area contributed by atoms with Crippen LogP contribution in [0.5, 0.6) is 0 Å². The maximum atomic E-state index is 12.3. The second-order valence-electron chi connectivity index (χ2n) is 6.41. The smallest absolute Gasteiger partial charge is 0.407 e. The van der Waals surface area contributed by atoms with Crippen LogP contribution in [0.1, 0.15) is 51.0 Å². The standard InChI is InChI=1S/C18H28N2O4S/c1-2-3-14-24-18(21)19-13-12-15-8-10-17(11-9-15)25(22,23)20-16-6-4-5-7-16/h8-11,16,20H,2-7,12-14H2,1H3,(H,19,21). The molecule has 2 rings (SSSR count). The molecule has 6 nitrogen and oxygen atoms in total. The van der Waals surface area contributed by atoms with Gasteiger partial charge >= 0.3 is 6.09 Å². The molecule has 1 aromatic carbocycles. The highest BCUT2D eigenvalue weighted by atomic mass is 32.2. The number of ether oxygens (including phenoxy) is 1. The van der Waals surface area contributed by atoms with Gasteiger partial charge in [-0.1, -0.05) is 38.3 Å². The molecule has 140 valence electrons. The summed E-state index contributed by atoms with van der Waals surface area (Å²) in [4.78, 5) is 11.7. The summed E-state index contributed by atoms with van der Waals surface area (Å²) in [5, 5.41) is 2.69. The van der Waals surface area contributed by atoms with E-state index in [2.05, 4.69) is 10.0 Å². The fourth-order valence-electron chi connectivity index (χ4n) is 2.84. The molecule has 2 N–H and O–H groups in total. The molecule has 0 unspecified atom stereocenters. The molecule has 0 atom stereocenters. The summed E-state index contributed by atoms with van der Waals surface area (Å²) >= 11 is 0. The number of hydrogen-bond acceptors (Lipinski definition) is 4. The number of amides is 1. The van der Waals surface area contributed by atoms with Crippen molar-refractivity contribution in [3.8, 4) is 0 Å². The van der Waals surface area contributed by atoms with E-state index in [0.29, 0.717) is 19.6 Å². The fraction of sp³-hybridized carbons (Fsp3) is 0.611. The Balaban J connectivity index is 1.78. The van der Waals surface area contributed by atoms with E-state index < -0.39 is 16.1 Å². The number of nitrogens with one attached hydrogen (secondary N) is 2. The van der Waals surface area contributed by atoms with E-state index in [9.17, 15) is 13.2 Å². The van der Waals surface area contributed by atoms with Crippen LogP contribution in [0.2, 0.25) is 0 Å². The van der Waals surface area contributed by atoms with Gasteiger partial charge in [0, 0.05) is 12.6 Å². The summed E-state index contributed by atoms with van der Waals surface area (Å²) in [6, 6.07) is 6.87. The Hall–Kier alpha value is -1.60. The number of unbranched alkanes of at least 4 members (excludes halogenated alkanes) is 1. The molecule has 0 aromatic heterocycles. The van der Waals surface area contributed by atoms with E-state index in [4.69, 9.17) is 4.74 Å². The Morgan fingerprint density at radius 3 is 2.52 bits per heavy atom. The Bertz CT molecular complexity index is 638. The van der Waals surface area contributed by atoms with Crippen LogP contribution in [-0.2, 0) is 21.2 Å². The van der Waals surface area contributed by atoms with Crippen molar-refractivity contribution in [2.45, 2.75) is 62.8 Å². The molecule has 0 radical (unpaired) electrons. The maximum Gasteiger partial charge on any atom is 0.407 e. The van der Waals surface area contributed by atoms with Gasteiger partial charge in [0.1, 0.15) is 0 Å². The minimum absolute atomic E-state index is 0.0626. The lowest BCUT2D eigenvalue weighted by molar-refractivity contribution is 0.144. The zero-order chi connectivity index (χ0) is 18.1. The molecule has 0 saturated heterocycles. The highest BCUT2D eigenvalue weighted by Crippen LogP contribution is 2.20. The SMILES string of the molecule is CCCCOC(=O)NCCc1ccc(S(=O)(=O)NC2CCCC2)cc1. The van der Waals surface area contributed by atoms with Crippen molar-refractivity contribution in [1.82, 2.24) is 10.0 Å². The van der Waals surface area contributed by atoms with Crippen molar-refractivity contribution in [1.29, 1.82) is 0 Å². The number of carbonyl (C=O) groups is 1. The van der Waals surface area contributed by atoms with E-state index in [1.807, 2.05) is 6.92 Å². The summed E-state index contributed by atoms with van der Waals surface area (Å²) in [6.07, 6.45) is 6.05. The molecule has 1 saturated carbocycles. The first-order chi connectivity index (χ1) is 12.0. The monoisotopic (exact) mass is 368 g/mol. The lowest BCUT2D eigenvalue weighted by Gasteiger charge is -2.13. The topological polar surface area (TPSA) is 84.5 Å². The Morgan fingerprint density at radius 2 is 1.88 bits per heavy atom. The second kappa shape index (κ2) is 9.77. The fourth-order valence-corrected chi connectivity index (χ4v) is 4.14. The molecule has 25 heavy (non-hydrogen) atoms. The molecule has 0 spiro atoms. The van der Waals surface area contributed by atoms with Crippen molar-refractivity contribution < 1.29 is 17.9 Å². The van der Waals surface area contributed by atoms with Gasteiger partial charge in [-0.3, -0.25) is 0 Å². The molecular formula is C18H28N2O4S. The lowest BCUT2D eigenvalue weighted by Crippen LogP contribution is -2.32. The van der Waals surface area contributed by atoms with Crippen molar-refractivity contribution in [3.63, 3.8) is 0 Å². The summed E-state index contributed by atoms with van der Waals surface area (Å²) in [7, 11) is -3.45. The average Bonchev–Trinajstić information content (AvgIpc) is 3.08. The third-order valence-electron chi connectivity index (χ3n) is 4.32. The number of hydrogen-bond donors (Lipinski definition) is 2. The molecule has 1 aliphatic carbocycles. The van der Waals surface area contributed by atoms with Gasteiger partial charge in [-0.15, -0.1) is 0 Å². The van der Waals surface area contributed by atoms with Crippen LogP contribution in [0.4, 0.5) is 4.79 Å². The second-order valence-corrected chi connectivity index (χ2v) is 8.13. The van der Waals surface area contributed by atoms with Crippen LogP contribution >= 0.6 is 0 Å². The Morgan fingerprint density at radius 1 is 1.20 bits per heavy atom. The number of sulfonamides is 1. The van der Waals surface area contributed by atoms with Crippen LogP contribution < -0.4 is 10.0 Å². The quantitative estimate of drug-likeness (QED) is 0.656. The van der Waals surface area contributed by atoms with Crippen LogP contribution in [0.3, 0.4) is 0 Å². The highest BCUT2D eigenvalue weighted by molar-refractivity contribution is 7.89. The molecular weight excluding hydrogens is 340 g/mol. The van der Waals surface area contributed by atoms with Gasteiger partial charge < -0.3 is 10.1 Å². The first-order valence-electron chi connectivity index (χ1n) is 9.03. The van der Waals surface area contributed by atoms with Gasteiger partial charge in [0.2, 0.25) is 10.0 Å². The number of benzene rings is 1. The van der Waals surface area contributed by atoms with E-state index in [0.717, 1.165) is 44.1 Å². The third-order valence-corrected chi connectivity index (χ3v) is 5.86. The maximum absolute atomic E-state index is 12.3. The van der Waals surface area contributed by atoms with Crippen LogP contribution in [-0.4, -0.2) is 33.7 Å². The molecule has 7 heteroatoms. The molecule has 1 fully saturated rings. The zero-order valence-electron chi connectivity index (χ0n) is 14.8. The summed E-state index contributed by atoms with van der Waals surface area (Å²) in [6.45, 7) is 2.93. The van der Waals surface area contributed by atoms with E-state index >= 15 is 0 Å². The largest absolute Gasteiger partial charge is 0.450 e. The summed E-state index contributed by atoms with van der Waals surface area (Å²) in [5.41, 5.74) is 0.966. The van der Waals surface area contributed by atoms with E-state index in [1.165, 1.54) is 0 Å². The summed E-state index contributed by atoms with van der Waals surface area (Å²) < 4.78 is 32.5. The van der Waals surface area contributed by atoms with E-state index in [1.54, 1.807) is 24.3 Å². The zero-order valence-corrected chi connectivity index (χ0v) is 15.6. The van der Waals surface area contributed by atoms with Crippen LogP contribution in [0, 0.1) is 0 Å². The van der Waals surface area contributed by atoms with Crippen molar-refractivity contribution in [3.05, 3.63) is 29.8 Å². The molecule has 1 aliphatic rings. The van der Waals surface area contributed by atoms with Gasteiger partial charge in [-0.25, -0.2) is 17.9 Å². The minimum atomic E-state index is -3.45. The van der Waals surface area contributed by atoms with Crippen LogP contribution in [0.25, 0.3) is 0 Å². The van der Waals surface area contributed by atoms with Crippen molar-refractivity contribution in [2.24, 2.45) is 0 Å². The first-order valence-corrected chi connectivity index (χ1v) is 10.5. The predicted octanol–water partition coefficient (Wildman–Crippen LogP) is 2.98. The van der Waals surface area contributed by atoms with Gasteiger partial charge in [0.25, 0.3) is 0 Å². The number of alkyl carbamates (subject to hydrolysis) is 1. The molecule has 0 aliphatic heterocycles. The van der Waals surface area contributed by atoms with Crippen molar-refractivity contribution in [2.75, 3.05) is 13.2 Å². The number of rotatable bonds is 9. The lowest BCUT2D eigenvalue weighted by atomic mass is 10.1. The normalized spacial score (nSPS) is 15.2. The molecule has 1 aromatic rings. The van der Waals surface area contributed by atoms with Crippen molar-refractivity contribution >= 4 is 16.1 Å². The van der Waals surface area contributed by atoms with Crippen LogP contribution in [0.15, 0.2) is 29.2 Å². The van der Waals surface area contributed by atoms with Gasteiger partial charge in [-0.2, -0.15) is 0 Å². The van der Waals surface area contributed by atoms with Gasteiger partial charge in [-0.05, 0) is 43.4 Å². The average molecular weight is 368 g/mol.